The van der Waals surface area contributed by atoms with Crippen LogP contribution >= 0.6 is 0 Å². The van der Waals surface area contributed by atoms with Crippen molar-refractivity contribution in [2.75, 3.05) is 7.11 Å². The number of amides is 1. The molecule has 0 aromatic heterocycles. The first kappa shape index (κ1) is 10.5. The molecule has 0 heterocycles. The lowest BCUT2D eigenvalue weighted by Crippen LogP contribution is -2.30. The zero-order chi connectivity index (χ0) is 10.6. The standard InChI is InChI=1S/C10H14N2O2/c1-3-7-8(10(13)12-11)5-4-6-9(7)14-2/h4-6H,3,11H2,1-2H3,(H,12,13). The van der Waals surface area contributed by atoms with Crippen LogP contribution in [0.25, 0.3) is 0 Å². The van der Waals surface area contributed by atoms with Crippen LogP contribution in [0.3, 0.4) is 0 Å². The van der Waals surface area contributed by atoms with E-state index in [1.807, 2.05) is 13.0 Å². The van der Waals surface area contributed by atoms with E-state index in [2.05, 4.69) is 5.43 Å². The molecular weight excluding hydrogens is 180 g/mol. The van der Waals surface area contributed by atoms with Gasteiger partial charge in [0.2, 0.25) is 0 Å². The Morgan fingerprint density at radius 2 is 2.29 bits per heavy atom. The summed E-state index contributed by atoms with van der Waals surface area (Å²) in [6.07, 6.45) is 0.729. The Morgan fingerprint density at radius 1 is 1.57 bits per heavy atom. The van der Waals surface area contributed by atoms with E-state index in [0.29, 0.717) is 11.3 Å². The van der Waals surface area contributed by atoms with Crippen LogP contribution in [0, 0.1) is 0 Å². The van der Waals surface area contributed by atoms with Gasteiger partial charge in [-0.05, 0) is 18.6 Å². The molecule has 0 unspecified atom stereocenters. The van der Waals surface area contributed by atoms with E-state index in [1.54, 1.807) is 19.2 Å². The van der Waals surface area contributed by atoms with Crippen LogP contribution in [0.15, 0.2) is 18.2 Å². The first-order chi connectivity index (χ1) is 6.74. The van der Waals surface area contributed by atoms with Crippen LogP contribution in [-0.2, 0) is 6.42 Å². The predicted octanol–water partition coefficient (Wildman–Crippen LogP) is 0.861. The smallest absolute Gasteiger partial charge is 0.265 e. The van der Waals surface area contributed by atoms with Crippen LogP contribution in [0.4, 0.5) is 0 Å². The molecule has 0 fully saturated rings. The fraction of sp³-hybridized carbons (Fsp3) is 0.300. The minimum Gasteiger partial charge on any atom is -0.496 e. The SMILES string of the molecule is CCc1c(OC)cccc1C(=O)NN. The molecule has 0 aliphatic heterocycles. The Kier molecular flexibility index (Phi) is 3.48. The van der Waals surface area contributed by atoms with Crippen molar-refractivity contribution in [3.63, 3.8) is 0 Å². The minimum absolute atomic E-state index is 0.291. The van der Waals surface area contributed by atoms with Crippen molar-refractivity contribution in [1.29, 1.82) is 0 Å². The number of nitrogen functional groups attached to an aromatic ring is 1. The second kappa shape index (κ2) is 4.62. The molecule has 4 heteroatoms. The van der Waals surface area contributed by atoms with Gasteiger partial charge in [-0.3, -0.25) is 10.2 Å². The number of ether oxygens (including phenoxy) is 1. The highest BCUT2D eigenvalue weighted by atomic mass is 16.5. The molecule has 76 valence electrons. The summed E-state index contributed by atoms with van der Waals surface area (Å²) in [4.78, 5) is 11.4. The van der Waals surface area contributed by atoms with E-state index in [4.69, 9.17) is 10.6 Å². The summed E-state index contributed by atoms with van der Waals surface area (Å²) in [5, 5.41) is 0. The van der Waals surface area contributed by atoms with Crippen LogP contribution in [0.2, 0.25) is 0 Å². The molecule has 1 aromatic carbocycles. The average molecular weight is 194 g/mol. The van der Waals surface area contributed by atoms with Crippen LogP contribution in [0.5, 0.6) is 5.75 Å². The molecule has 0 spiro atoms. The van der Waals surface area contributed by atoms with Gasteiger partial charge in [0.1, 0.15) is 5.75 Å². The van der Waals surface area contributed by atoms with Gasteiger partial charge in [0.05, 0.1) is 7.11 Å². The van der Waals surface area contributed by atoms with Crippen molar-refractivity contribution in [2.45, 2.75) is 13.3 Å². The molecule has 3 N–H and O–H groups in total. The zero-order valence-electron chi connectivity index (χ0n) is 8.33. The maximum absolute atomic E-state index is 11.4. The fourth-order valence-corrected chi connectivity index (χ4v) is 1.41. The third kappa shape index (κ3) is 1.85. The number of hydrogen-bond acceptors (Lipinski definition) is 3. The first-order valence-electron chi connectivity index (χ1n) is 4.41. The van der Waals surface area contributed by atoms with Gasteiger partial charge in [0.25, 0.3) is 5.91 Å². The fourth-order valence-electron chi connectivity index (χ4n) is 1.41. The summed E-state index contributed by atoms with van der Waals surface area (Å²) in [5.41, 5.74) is 3.55. The highest BCUT2D eigenvalue weighted by Crippen LogP contribution is 2.22. The number of nitrogens with two attached hydrogens (primary N) is 1. The van der Waals surface area contributed by atoms with E-state index < -0.39 is 0 Å². The van der Waals surface area contributed by atoms with Gasteiger partial charge < -0.3 is 4.74 Å². The summed E-state index contributed by atoms with van der Waals surface area (Å²) in [6, 6.07) is 5.32. The lowest BCUT2D eigenvalue weighted by Gasteiger charge is -2.10. The van der Waals surface area contributed by atoms with Gasteiger partial charge >= 0.3 is 0 Å². The second-order valence-corrected chi connectivity index (χ2v) is 2.81. The van der Waals surface area contributed by atoms with E-state index >= 15 is 0 Å². The van der Waals surface area contributed by atoms with Gasteiger partial charge in [0.15, 0.2) is 0 Å². The highest BCUT2D eigenvalue weighted by molar-refractivity contribution is 5.95. The van der Waals surface area contributed by atoms with Crippen LogP contribution in [-0.4, -0.2) is 13.0 Å². The van der Waals surface area contributed by atoms with Crippen molar-refractivity contribution in [1.82, 2.24) is 5.43 Å². The zero-order valence-corrected chi connectivity index (χ0v) is 8.33. The largest absolute Gasteiger partial charge is 0.496 e. The minimum atomic E-state index is -0.291. The highest BCUT2D eigenvalue weighted by Gasteiger charge is 2.12. The van der Waals surface area contributed by atoms with Crippen molar-refractivity contribution in [3.05, 3.63) is 29.3 Å². The first-order valence-corrected chi connectivity index (χ1v) is 4.41. The van der Waals surface area contributed by atoms with E-state index in [-0.39, 0.29) is 5.91 Å². The van der Waals surface area contributed by atoms with E-state index in [0.717, 1.165) is 12.0 Å². The lowest BCUT2D eigenvalue weighted by molar-refractivity contribution is 0.0952. The number of carbonyl (C=O) groups excluding carboxylic acids is 1. The molecule has 0 atom stereocenters. The molecular formula is C10H14N2O2. The molecule has 1 rings (SSSR count). The van der Waals surface area contributed by atoms with Crippen molar-refractivity contribution >= 4 is 5.91 Å². The predicted molar refractivity (Wildman–Crippen MR) is 54.0 cm³/mol. The maximum atomic E-state index is 11.4. The third-order valence-corrected chi connectivity index (χ3v) is 2.08. The quantitative estimate of drug-likeness (QED) is 0.426. The summed E-state index contributed by atoms with van der Waals surface area (Å²) in [7, 11) is 1.58. The Hall–Kier alpha value is -1.55. The molecule has 0 saturated carbocycles. The average Bonchev–Trinajstić information content (AvgIpc) is 2.26. The maximum Gasteiger partial charge on any atom is 0.265 e. The van der Waals surface area contributed by atoms with Gasteiger partial charge in [-0.2, -0.15) is 0 Å². The number of carbonyl (C=O) groups is 1. The molecule has 1 aromatic rings. The number of hydrogen-bond donors (Lipinski definition) is 2. The summed E-state index contributed by atoms with van der Waals surface area (Å²) in [5.74, 6) is 5.50. The van der Waals surface area contributed by atoms with Crippen molar-refractivity contribution < 1.29 is 9.53 Å². The third-order valence-electron chi connectivity index (χ3n) is 2.08. The molecule has 0 aliphatic rings. The number of methoxy groups -OCH3 is 1. The van der Waals surface area contributed by atoms with Crippen molar-refractivity contribution in [2.24, 2.45) is 5.84 Å². The number of rotatable bonds is 3. The van der Waals surface area contributed by atoms with Crippen molar-refractivity contribution in [3.8, 4) is 5.75 Å². The van der Waals surface area contributed by atoms with E-state index in [1.165, 1.54) is 0 Å². The molecule has 4 nitrogen and oxygen atoms in total. The number of hydrazine groups is 1. The lowest BCUT2D eigenvalue weighted by atomic mass is 10.0. The summed E-state index contributed by atoms with van der Waals surface area (Å²) < 4.78 is 5.15. The van der Waals surface area contributed by atoms with Gasteiger partial charge in [0, 0.05) is 11.1 Å². The Balaban J connectivity index is 3.21. The topological polar surface area (TPSA) is 64.3 Å². The molecule has 0 saturated heterocycles. The van der Waals surface area contributed by atoms with Gasteiger partial charge in [-0.15, -0.1) is 0 Å². The number of nitrogens with one attached hydrogen (secondary N) is 1. The normalized spacial score (nSPS) is 9.64. The summed E-state index contributed by atoms with van der Waals surface area (Å²) >= 11 is 0. The number of benzene rings is 1. The molecule has 0 aliphatic carbocycles. The second-order valence-electron chi connectivity index (χ2n) is 2.81. The Bertz CT molecular complexity index is 337. The van der Waals surface area contributed by atoms with E-state index in [9.17, 15) is 4.79 Å². The van der Waals surface area contributed by atoms with Crippen LogP contribution in [0.1, 0.15) is 22.8 Å². The van der Waals surface area contributed by atoms with Gasteiger partial charge in [-0.1, -0.05) is 13.0 Å². The molecule has 0 bridgehead atoms. The monoisotopic (exact) mass is 194 g/mol. The van der Waals surface area contributed by atoms with Crippen LogP contribution < -0.4 is 16.0 Å². The Labute approximate surface area is 83.0 Å². The molecule has 0 radical (unpaired) electrons. The Morgan fingerprint density at radius 3 is 2.79 bits per heavy atom. The molecule has 14 heavy (non-hydrogen) atoms. The summed E-state index contributed by atoms with van der Waals surface area (Å²) in [6.45, 7) is 1.96. The molecule has 1 amide bonds. The van der Waals surface area contributed by atoms with Gasteiger partial charge in [-0.25, -0.2) is 5.84 Å².